The molecule has 6 nitrogen and oxygen atoms in total. The fourth-order valence-electron chi connectivity index (χ4n) is 3.04. The summed E-state index contributed by atoms with van der Waals surface area (Å²) in [6.07, 6.45) is 1.08. The number of ether oxygens (including phenoxy) is 2. The molecule has 0 bridgehead atoms. The van der Waals surface area contributed by atoms with Gasteiger partial charge in [0.2, 0.25) is 0 Å². The van der Waals surface area contributed by atoms with Crippen molar-refractivity contribution in [1.29, 1.82) is 5.26 Å². The molecule has 0 aliphatic carbocycles. The summed E-state index contributed by atoms with van der Waals surface area (Å²) in [4.78, 5) is 2.46. The Balaban J connectivity index is 1.68. The van der Waals surface area contributed by atoms with E-state index >= 15 is 0 Å². The lowest BCUT2D eigenvalue weighted by Crippen LogP contribution is -2.50. The van der Waals surface area contributed by atoms with Gasteiger partial charge in [-0.25, -0.2) is 0 Å². The topological polar surface area (TPSA) is 70.4 Å². The Morgan fingerprint density at radius 1 is 1.41 bits per heavy atom. The molecule has 0 radical (unpaired) electrons. The summed E-state index contributed by atoms with van der Waals surface area (Å²) in [6, 6.07) is 2.49. The molecule has 3 rings (SSSR count). The maximum Gasteiger partial charge on any atom is 0.162 e. The second-order valence-electron chi connectivity index (χ2n) is 5.51. The first-order valence-electron chi connectivity index (χ1n) is 7.48. The zero-order chi connectivity index (χ0) is 15.4. The van der Waals surface area contributed by atoms with E-state index in [9.17, 15) is 0 Å². The number of hydrogen-bond donors (Lipinski definition) is 1. The molecule has 0 unspecified atom stereocenters. The van der Waals surface area contributed by atoms with Crippen molar-refractivity contribution in [1.82, 2.24) is 9.27 Å². The van der Waals surface area contributed by atoms with Gasteiger partial charge in [-0.1, -0.05) is 11.6 Å². The van der Waals surface area contributed by atoms with Gasteiger partial charge in [0.05, 0.1) is 19.8 Å². The fourth-order valence-corrected chi connectivity index (χ4v) is 3.99. The van der Waals surface area contributed by atoms with Gasteiger partial charge in [-0.3, -0.25) is 4.90 Å². The van der Waals surface area contributed by atoms with Gasteiger partial charge in [0.15, 0.2) is 5.15 Å². The van der Waals surface area contributed by atoms with E-state index in [1.54, 1.807) is 0 Å². The van der Waals surface area contributed by atoms with E-state index in [4.69, 9.17) is 26.3 Å². The Labute approximate surface area is 139 Å². The molecular weight excluding hydrogens is 324 g/mol. The van der Waals surface area contributed by atoms with E-state index in [0.29, 0.717) is 17.5 Å². The molecule has 1 N–H and O–H groups in total. The van der Waals surface area contributed by atoms with E-state index in [1.165, 1.54) is 11.5 Å². The number of nitrogens with one attached hydrogen (secondary N) is 1. The van der Waals surface area contributed by atoms with Crippen LogP contribution in [0.4, 0.5) is 5.00 Å². The monoisotopic (exact) mass is 342 g/mol. The van der Waals surface area contributed by atoms with Crippen molar-refractivity contribution in [3.63, 3.8) is 0 Å². The van der Waals surface area contributed by atoms with Gasteiger partial charge in [0, 0.05) is 38.2 Å². The van der Waals surface area contributed by atoms with Gasteiger partial charge in [-0.15, -0.1) is 0 Å². The second-order valence-corrected chi connectivity index (χ2v) is 6.64. The molecule has 1 aromatic heterocycles. The summed E-state index contributed by atoms with van der Waals surface area (Å²) in [6.45, 7) is 5.84. The lowest BCUT2D eigenvalue weighted by Gasteiger charge is -2.37. The number of morpholine rings is 1. The first-order valence-corrected chi connectivity index (χ1v) is 8.63. The van der Waals surface area contributed by atoms with Gasteiger partial charge in [-0.05, 0) is 18.0 Å². The first kappa shape index (κ1) is 16.0. The van der Waals surface area contributed by atoms with Crippen molar-refractivity contribution >= 4 is 28.1 Å². The summed E-state index contributed by atoms with van der Waals surface area (Å²) >= 11 is 7.17. The van der Waals surface area contributed by atoms with Gasteiger partial charge in [0.25, 0.3) is 0 Å². The maximum absolute atomic E-state index is 9.16. The summed E-state index contributed by atoms with van der Waals surface area (Å²) in [5, 5.41) is 13.6. The number of nitriles is 1. The molecule has 2 aliphatic heterocycles. The second kappa shape index (κ2) is 7.57. The number of hydrogen-bond acceptors (Lipinski definition) is 7. The molecule has 8 heteroatoms. The molecule has 2 atom stereocenters. The molecule has 0 saturated carbocycles. The maximum atomic E-state index is 9.16. The average molecular weight is 343 g/mol. The van der Waals surface area contributed by atoms with Crippen LogP contribution in [0.3, 0.4) is 0 Å². The Morgan fingerprint density at radius 3 is 2.91 bits per heavy atom. The molecule has 0 amide bonds. The summed E-state index contributed by atoms with van der Waals surface area (Å²) in [5.41, 5.74) is 0.440. The van der Waals surface area contributed by atoms with Gasteiger partial charge in [-0.2, -0.15) is 9.64 Å². The van der Waals surface area contributed by atoms with Crippen molar-refractivity contribution in [2.24, 2.45) is 5.92 Å². The van der Waals surface area contributed by atoms with Gasteiger partial charge >= 0.3 is 0 Å². The minimum Gasteiger partial charge on any atom is -0.381 e. The van der Waals surface area contributed by atoms with Crippen LogP contribution >= 0.6 is 23.1 Å². The largest absolute Gasteiger partial charge is 0.381 e. The molecule has 2 saturated heterocycles. The number of aromatic nitrogens is 1. The van der Waals surface area contributed by atoms with Crippen LogP contribution in [0.25, 0.3) is 0 Å². The summed E-state index contributed by atoms with van der Waals surface area (Å²) in [5.74, 6) is 0.513. The molecular formula is C14H19ClN4O2S. The quantitative estimate of drug-likeness (QED) is 0.880. The highest BCUT2D eigenvalue weighted by Crippen LogP contribution is 2.29. The number of nitrogens with zero attached hydrogens (tertiary/aromatic N) is 3. The number of halogens is 1. The molecule has 0 spiro atoms. The third-order valence-electron chi connectivity index (χ3n) is 4.26. The van der Waals surface area contributed by atoms with Gasteiger partial charge < -0.3 is 14.8 Å². The third-order valence-corrected chi connectivity index (χ3v) is 5.44. The van der Waals surface area contributed by atoms with E-state index < -0.39 is 0 Å². The zero-order valence-electron chi connectivity index (χ0n) is 12.3. The molecule has 3 heterocycles. The molecule has 2 fully saturated rings. The van der Waals surface area contributed by atoms with Gasteiger partial charge in [0.1, 0.15) is 16.6 Å². The normalized spacial score (nSPS) is 24.1. The van der Waals surface area contributed by atoms with E-state index in [1.807, 2.05) is 0 Å². The van der Waals surface area contributed by atoms with Crippen molar-refractivity contribution in [3.8, 4) is 6.07 Å². The molecule has 1 aromatic rings. The highest BCUT2D eigenvalue weighted by Gasteiger charge is 2.31. The Morgan fingerprint density at radius 2 is 2.23 bits per heavy atom. The Hall–Kier alpha value is -0.910. The predicted molar refractivity (Wildman–Crippen MR) is 85.4 cm³/mol. The standard InChI is InChI=1S/C14H19ClN4O2S/c15-13-11(7-16)14(22-18-13)17-8-12(10-1-4-21-9-10)19-2-5-20-6-3-19/h10,12,17H,1-6,8-9H2/t10-,12-/m0/s1. The Bertz CT molecular complexity index is 535. The Kier molecular flexibility index (Phi) is 5.50. The minimum atomic E-state index is 0.280. The smallest absolute Gasteiger partial charge is 0.162 e. The first-order chi connectivity index (χ1) is 10.8. The third kappa shape index (κ3) is 3.53. The predicted octanol–water partition coefficient (Wildman–Crippen LogP) is 1.82. The SMILES string of the molecule is N#Cc1c(Cl)nsc1NC[C@@H]([C@H]1CCOC1)N1CCOCC1. The van der Waals surface area contributed by atoms with Crippen LogP contribution in [0.5, 0.6) is 0 Å². The average Bonchev–Trinajstić information content (AvgIpc) is 3.19. The highest BCUT2D eigenvalue weighted by molar-refractivity contribution is 7.10. The van der Waals surface area contributed by atoms with Crippen molar-refractivity contribution in [3.05, 3.63) is 10.7 Å². The van der Waals surface area contributed by atoms with Crippen LogP contribution in [-0.4, -0.2) is 61.4 Å². The molecule has 22 heavy (non-hydrogen) atoms. The zero-order valence-corrected chi connectivity index (χ0v) is 13.8. The lowest BCUT2D eigenvalue weighted by molar-refractivity contribution is 0.00463. The van der Waals surface area contributed by atoms with E-state index in [-0.39, 0.29) is 5.15 Å². The van der Waals surface area contributed by atoms with Crippen molar-refractivity contribution in [2.75, 3.05) is 51.4 Å². The van der Waals surface area contributed by atoms with Crippen molar-refractivity contribution < 1.29 is 9.47 Å². The van der Waals surface area contributed by atoms with E-state index in [0.717, 1.165) is 57.5 Å². The lowest BCUT2D eigenvalue weighted by atomic mass is 9.97. The van der Waals surface area contributed by atoms with Crippen LogP contribution in [0.15, 0.2) is 0 Å². The van der Waals surface area contributed by atoms with Crippen LogP contribution in [0.2, 0.25) is 5.15 Å². The number of rotatable bonds is 5. The molecule has 120 valence electrons. The van der Waals surface area contributed by atoms with Crippen LogP contribution < -0.4 is 5.32 Å². The minimum absolute atomic E-state index is 0.280. The van der Waals surface area contributed by atoms with Crippen LogP contribution in [0, 0.1) is 17.2 Å². The van der Waals surface area contributed by atoms with Crippen LogP contribution in [-0.2, 0) is 9.47 Å². The summed E-state index contributed by atoms with van der Waals surface area (Å²) < 4.78 is 15.1. The number of anilines is 1. The fraction of sp³-hybridized carbons (Fsp3) is 0.714. The highest BCUT2D eigenvalue weighted by atomic mass is 35.5. The summed E-state index contributed by atoms with van der Waals surface area (Å²) in [7, 11) is 0. The molecule has 2 aliphatic rings. The van der Waals surface area contributed by atoms with E-state index in [2.05, 4.69) is 20.7 Å². The van der Waals surface area contributed by atoms with Crippen LogP contribution in [0.1, 0.15) is 12.0 Å². The molecule has 0 aromatic carbocycles. The van der Waals surface area contributed by atoms with Crippen molar-refractivity contribution in [2.45, 2.75) is 12.5 Å².